The molecule has 7 heteroatoms. The highest BCUT2D eigenvalue weighted by atomic mass is 79.9. The maximum Gasteiger partial charge on any atom is 0.223 e. The maximum absolute atomic E-state index is 9.21. The summed E-state index contributed by atoms with van der Waals surface area (Å²) in [7, 11) is 0. The van der Waals surface area contributed by atoms with Crippen LogP contribution in [0.5, 0.6) is 11.5 Å². The molecule has 2 aromatic rings. The van der Waals surface area contributed by atoms with Crippen LogP contribution in [0.1, 0.15) is 24.2 Å². The Morgan fingerprint density at radius 1 is 1.35 bits per heavy atom. The Morgan fingerprint density at radius 2 is 2.15 bits per heavy atom. The van der Waals surface area contributed by atoms with E-state index in [2.05, 4.69) is 26.1 Å². The third kappa shape index (κ3) is 3.49. The molecule has 0 spiro atoms. The third-order valence-corrected chi connectivity index (χ3v) is 3.06. The number of halogens is 1. The van der Waals surface area contributed by atoms with E-state index in [-0.39, 0.29) is 13.2 Å². The first-order valence-electron chi connectivity index (χ1n) is 6.12. The molecular weight excluding hydrogens is 328 g/mol. The Balaban J connectivity index is 2.20. The molecule has 0 saturated carbocycles. The number of benzene rings is 1. The van der Waals surface area contributed by atoms with E-state index >= 15 is 0 Å². The summed E-state index contributed by atoms with van der Waals surface area (Å²) < 4.78 is 16.8. The fourth-order valence-corrected chi connectivity index (χ4v) is 2.26. The lowest BCUT2D eigenvalue weighted by Gasteiger charge is -2.14. The van der Waals surface area contributed by atoms with Crippen LogP contribution in [0.3, 0.4) is 0 Å². The highest BCUT2D eigenvalue weighted by Gasteiger charge is 2.13. The lowest BCUT2D eigenvalue weighted by Crippen LogP contribution is -2.02. The van der Waals surface area contributed by atoms with E-state index in [0.717, 1.165) is 5.56 Å². The van der Waals surface area contributed by atoms with E-state index in [1.165, 1.54) is 0 Å². The van der Waals surface area contributed by atoms with Crippen LogP contribution in [0, 0.1) is 6.92 Å². The Bertz CT molecular complexity index is 586. The van der Waals surface area contributed by atoms with Crippen LogP contribution < -0.4 is 9.47 Å². The van der Waals surface area contributed by atoms with Crippen molar-refractivity contribution in [2.24, 2.45) is 0 Å². The van der Waals surface area contributed by atoms with Gasteiger partial charge in [-0.25, -0.2) is 0 Å². The molecule has 0 aliphatic rings. The monoisotopic (exact) mass is 342 g/mol. The number of aromatic nitrogens is 2. The van der Waals surface area contributed by atoms with Crippen molar-refractivity contribution in [3.8, 4) is 11.5 Å². The van der Waals surface area contributed by atoms with Gasteiger partial charge in [-0.05, 0) is 40.5 Å². The molecule has 0 unspecified atom stereocenters. The molecule has 0 fully saturated rings. The fourth-order valence-electron chi connectivity index (χ4n) is 1.65. The molecule has 1 aromatic heterocycles. The van der Waals surface area contributed by atoms with Crippen molar-refractivity contribution in [3.63, 3.8) is 0 Å². The minimum atomic E-state index is -0.0665. The van der Waals surface area contributed by atoms with E-state index in [9.17, 15) is 5.11 Å². The number of aryl methyl sites for hydroxylation is 1. The van der Waals surface area contributed by atoms with Gasteiger partial charge in [-0.15, -0.1) is 0 Å². The average molecular weight is 343 g/mol. The largest absolute Gasteiger partial charge is 0.490 e. The molecule has 0 atom stereocenters. The van der Waals surface area contributed by atoms with Gasteiger partial charge >= 0.3 is 0 Å². The Morgan fingerprint density at radius 3 is 2.75 bits per heavy atom. The van der Waals surface area contributed by atoms with Crippen molar-refractivity contribution in [2.75, 3.05) is 6.61 Å². The second-order valence-corrected chi connectivity index (χ2v) is 4.87. The lowest BCUT2D eigenvalue weighted by molar-refractivity contribution is 0.253. The van der Waals surface area contributed by atoms with Gasteiger partial charge in [0.25, 0.3) is 0 Å². The summed E-state index contributed by atoms with van der Waals surface area (Å²) >= 11 is 3.41. The van der Waals surface area contributed by atoms with Gasteiger partial charge in [0.05, 0.1) is 17.7 Å². The predicted molar refractivity (Wildman–Crippen MR) is 74.6 cm³/mol. The summed E-state index contributed by atoms with van der Waals surface area (Å²) in [5.41, 5.74) is 0.739. The maximum atomic E-state index is 9.21. The predicted octanol–water partition coefficient (Wildman–Crippen LogP) is 2.61. The summed E-state index contributed by atoms with van der Waals surface area (Å²) in [5, 5.41) is 13.0. The van der Waals surface area contributed by atoms with Crippen LogP contribution >= 0.6 is 15.9 Å². The molecule has 1 heterocycles. The highest BCUT2D eigenvalue weighted by Crippen LogP contribution is 2.37. The average Bonchev–Trinajstić information content (AvgIpc) is 2.83. The minimum absolute atomic E-state index is 0.0665. The van der Waals surface area contributed by atoms with Crippen LogP contribution in [0.2, 0.25) is 0 Å². The summed E-state index contributed by atoms with van der Waals surface area (Å²) in [6.45, 7) is 4.20. The molecule has 0 bridgehead atoms. The van der Waals surface area contributed by atoms with Gasteiger partial charge in [-0.3, -0.25) is 0 Å². The first kappa shape index (κ1) is 14.8. The number of hydrogen-bond donors (Lipinski definition) is 1. The van der Waals surface area contributed by atoms with Crippen molar-refractivity contribution >= 4 is 15.9 Å². The van der Waals surface area contributed by atoms with Gasteiger partial charge in [0, 0.05) is 6.92 Å². The molecule has 0 aliphatic heterocycles. The van der Waals surface area contributed by atoms with Crippen LogP contribution in [-0.4, -0.2) is 21.9 Å². The molecule has 20 heavy (non-hydrogen) atoms. The van der Waals surface area contributed by atoms with Gasteiger partial charge in [0.2, 0.25) is 11.7 Å². The normalized spacial score (nSPS) is 10.6. The van der Waals surface area contributed by atoms with Crippen LogP contribution in [0.25, 0.3) is 0 Å². The number of nitrogens with zero attached hydrogens (tertiary/aromatic N) is 2. The van der Waals surface area contributed by atoms with Crippen molar-refractivity contribution in [3.05, 3.63) is 33.9 Å². The molecule has 108 valence electrons. The quantitative estimate of drug-likeness (QED) is 0.869. The number of rotatable bonds is 6. The standard InChI is InChI=1S/C13H15BrN2O4/c1-3-18-11-5-9(6-17)4-10(14)13(11)19-7-12-15-8(2)20-16-12/h4-5,17H,3,6-7H2,1-2H3. The van der Waals surface area contributed by atoms with E-state index in [1.807, 2.05) is 6.92 Å². The Kier molecular flexibility index (Phi) is 4.97. The number of ether oxygens (including phenoxy) is 2. The molecule has 2 rings (SSSR count). The van der Waals surface area contributed by atoms with Crippen molar-refractivity contribution in [1.29, 1.82) is 0 Å². The van der Waals surface area contributed by atoms with E-state index < -0.39 is 0 Å². The van der Waals surface area contributed by atoms with E-state index in [4.69, 9.17) is 14.0 Å². The van der Waals surface area contributed by atoms with Gasteiger partial charge in [0.15, 0.2) is 18.1 Å². The third-order valence-electron chi connectivity index (χ3n) is 2.47. The van der Waals surface area contributed by atoms with Gasteiger partial charge < -0.3 is 19.1 Å². The van der Waals surface area contributed by atoms with Crippen molar-refractivity contribution in [1.82, 2.24) is 10.1 Å². The van der Waals surface area contributed by atoms with Crippen LogP contribution in [-0.2, 0) is 13.2 Å². The minimum Gasteiger partial charge on any atom is -0.490 e. The molecule has 0 aliphatic carbocycles. The fraction of sp³-hybridized carbons (Fsp3) is 0.385. The number of aliphatic hydroxyl groups is 1. The zero-order valence-electron chi connectivity index (χ0n) is 11.2. The first-order chi connectivity index (χ1) is 9.63. The van der Waals surface area contributed by atoms with Gasteiger partial charge in [0.1, 0.15) is 0 Å². The van der Waals surface area contributed by atoms with Crippen LogP contribution in [0.15, 0.2) is 21.1 Å². The van der Waals surface area contributed by atoms with Crippen LogP contribution in [0.4, 0.5) is 0 Å². The summed E-state index contributed by atoms with van der Waals surface area (Å²) in [6.07, 6.45) is 0. The number of hydrogen-bond acceptors (Lipinski definition) is 6. The van der Waals surface area contributed by atoms with Gasteiger partial charge in [-0.1, -0.05) is 5.16 Å². The van der Waals surface area contributed by atoms with Gasteiger partial charge in [-0.2, -0.15) is 4.98 Å². The lowest BCUT2D eigenvalue weighted by atomic mass is 10.2. The van der Waals surface area contributed by atoms with E-state index in [1.54, 1.807) is 19.1 Å². The SMILES string of the molecule is CCOc1cc(CO)cc(Br)c1OCc1noc(C)n1. The topological polar surface area (TPSA) is 77.6 Å². The van der Waals surface area contributed by atoms with Crippen molar-refractivity contribution < 1.29 is 19.1 Å². The summed E-state index contributed by atoms with van der Waals surface area (Å²) in [5.74, 6) is 2.06. The summed E-state index contributed by atoms with van der Waals surface area (Å²) in [6, 6.07) is 3.52. The zero-order chi connectivity index (χ0) is 14.5. The molecule has 0 radical (unpaired) electrons. The molecule has 1 N–H and O–H groups in total. The summed E-state index contributed by atoms with van der Waals surface area (Å²) in [4.78, 5) is 4.07. The highest BCUT2D eigenvalue weighted by molar-refractivity contribution is 9.10. The molecule has 6 nitrogen and oxygen atoms in total. The Hall–Kier alpha value is -1.60. The first-order valence-corrected chi connectivity index (χ1v) is 6.91. The van der Waals surface area contributed by atoms with E-state index in [0.29, 0.717) is 34.3 Å². The smallest absolute Gasteiger partial charge is 0.223 e. The second-order valence-electron chi connectivity index (χ2n) is 4.01. The molecular formula is C13H15BrN2O4. The zero-order valence-corrected chi connectivity index (χ0v) is 12.8. The molecule has 0 amide bonds. The van der Waals surface area contributed by atoms with Crippen molar-refractivity contribution in [2.45, 2.75) is 27.1 Å². The number of aliphatic hydroxyl groups excluding tert-OH is 1. The molecule has 0 saturated heterocycles. The second kappa shape index (κ2) is 6.71. The molecule has 1 aromatic carbocycles. The Labute approximate surface area is 124 Å².